The molecule has 1 unspecified atom stereocenters. The molecule has 6 nitrogen and oxygen atoms in total. The first-order chi connectivity index (χ1) is 14.9. The molecular weight excluding hydrogens is 410 g/mol. The van der Waals surface area contributed by atoms with Crippen molar-refractivity contribution in [3.05, 3.63) is 95.3 Å². The van der Waals surface area contributed by atoms with Crippen LogP contribution in [0.4, 0.5) is 0 Å². The summed E-state index contributed by atoms with van der Waals surface area (Å²) >= 11 is 6.15. The third kappa shape index (κ3) is 4.39. The van der Waals surface area contributed by atoms with E-state index in [-0.39, 0.29) is 17.9 Å². The van der Waals surface area contributed by atoms with Crippen LogP contribution in [0.25, 0.3) is 11.4 Å². The Morgan fingerprint density at radius 3 is 2.48 bits per heavy atom. The van der Waals surface area contributed by atoms with Crippen molar-refractivity contribution < 1.29 is 4.79 Å². The lowest BCUT2D eigenvalue weighted by Crippen LogP contribution is -2.27. The van der Waals surface area contributed by atoms with Crippen molar-refractivity contribution in [3.63, 3.8) is 0 Å². The highest BCUT2D eigenvalue weighted by atomic mass is 35.5. The molecule has 7 heteroatoms. The van der Waals surface area contributed by atoms with E-state index < -0.39 is 0 Å². The molecule has 158 valence electrons. The van der Waals surface area contributed by atoms with Gasteiger partial charge in [0.2, 0.25) is 0 Å². The molecule has 2 aromatic heterocycles. The van der Waals surface area contributed by atoms with Crippen molar-refractivity contribution in [2.45, 2.75) is 32.7 Å². The SMILES string of the molecule is CC(C)c1c(C(=O)NC(C)c2ccc(-n3ccnc3)cc2)cnn1-c1cccc(Cl)c1. The van der Waals surface area contributed by atoms with E-state index >= 15 is 0 Å². The van der Waals surface area contributed by atoms with E-state index in [0.29, 0.717) is 10.6 Å². The number of rotatable bonds is 6. The molecule has 2 aromatic carbocycles. The predicted molar refractivity (Wildman–Crippen MR) is 122 cm³/mol. The zero-order valence-electron chi connectivity index (χ0n) is 17.7. The summed E-state index contributed by atoms with van der Waals surface area (Å²) in [5, 5.41) is 8.21. The van der Waals surface area contributed by atoms with Gasteiger partial charge in [-0.1, -0.05) is 43.6 Å². The maximum atomic E-state index is 13.1. The summed E-state index contributed by atoms with van der Waals surface area (Å²) in [4.78, 5) is 17.2. The van der Waals surface area contributed by atoms with Gasteiger partial charge in [-0.25, -0.2) is 9.67 Å². The number of imidazole rings is 1. The average Bonchev–Trinajstić information content (AvgIpc) is 3.44. The lowest BCUT2D eigenvalue weighted by Gasteiger charge is -2.17. The molecule has 0 aliphatic carbocycles. The minimum absolute atomic E-state index is 0.104. The second-order valence-electron chi connectivity index (χ2n) is 7.75. The first-order valence-corrected chi connectivity index (χ1v) is 10.5. The first kappa shape index (κ1) is 20.9. The third-order valence-electron chi connectivity index (χ3n) is 5.19. The van der Waals surface area contributed by atoms with Crippen LogP contribution in [-0.4, -0.2) is 25.2 Å². The minimum atomic E-state index is -0.154. The molecule has 1 N–H and O–H groups in total. The number of amides is 1. The highest BCUT2D eigenvalue weighted by molar-refractivity contribution is 6.30. The van der Waals surface area contributed by atoms with Crippen LogP contribution < -0.4 is 5.32 Å². The van der Waals surface area contributed by atoms with Gasteiger partial charge >= 0.3 is 0 Å². The normalized spacial score (nSPS) is 12.2. The van der Waals surface area contributed by atoms with Gasteiger partial charge in [-0.15, -0.1) is 0 Å². The fourth-order valence-corrected chi connectivity index (χ4v) is 3.79. The number of aromatic nitrogens is 4. The van der Waals surface area contributed by atoms with Gasteiger partial charge in [0, 0.05) is 23.1 Å². The molecular formula is C24H24ClN5O. The molecule has 0 spiro atoms. The predicted octanol–water partition coefficient (Wildman–Crippen LogP) is 5.33. The Kier molecular flexibility index (Phi) is 5.91. The van der Waals surface area contributed by atoms with Crippen molar-refractivity contribution in [3.8, 4) is 11.4 Å². The quantitative estimate of drug-likeness (QED) is 0.447. The number of nitrogens with one attached hydrogen (secondary N) is 1. The maximum Gasteiger partial charge on any atom is 0.255 e. The van der Waals surface area contributed by atoms with Crippen LogP contribution >= 0.6 is 11.6 Å². The Labute approximate surface area is 186 Å². The van der Waals surface area contributed by atoms with Gasteiger partial charge in [0.1, 0.15) is 0 Å². The van der Waals surface area contributed by atoms with E-state index in [1.807, 2.05) is 80.1 Å². The lowest BCUT2D eigenvalue weighted by molar-refractivity contribution is 0.0938. The van der Waals surface area contributed by atoms with Gasteiger partial charge in [-0.3, -0.25) is 4.79 Å². The highest BCUT2D eigenvalue weighted by Gasteiger charge is 2.22. The summed E-state index contributed by atoms with van der Waals surface area (Å²) in [6.45, 7) is 6.07. The van der Waals surface area contributed by atoms with Gasteiger partial charge < -0.3 is 9.88 Å². The molecule has 1 amide bonds. The van der Waals surface area contributed by atoms with Gasteiger partial charge in [-0.05, 0) is 48.7 Å². The minimum Gasteiger partial charge on any atom is -0.345 e. The van der Waals surface area contributed by atoms with Crippen LogP contribution in [0.15, 0.2) is 73.4 Å². The number of halogens is 1. The first-order valence-electron chi connectivity index (χ1n) is 10.2. The fourth-order valence-electron chi connectivity index (χ4n) is 3.61. The number of nitrogens with zero attached hydrogens (tertiary/aromatic N) is 4. The molecule has 0 saturated carbocycles. The molecule has 4 aromatic rings. The molecule has 0 bridgehead atoms. The van der Waals surface area contributed by atoms with E-state index in [2.05, 4.69) is 15.4 Å². The second kappa shape index (κ2) is 8.78. The van der Waals surface area contributed by atoms with E-state index in [9.17, 15) is 4.79 Å². The molecule has 4 rings (SSSR count). The van der Waals surface area contributed by atoms with Crippen LogP contribution in [0.1, 0.15) is 54.3 Å². The van der Waals surface area contributed by atoms with Crippen molar-refractivity contribution in [2.24, 2.45) is 0 Å². The number of hydrogen-bond donors (Lipinski definition) is 1. The Morgan fingerprint density at radius 1 is 1.06 bits per heavy atom. The lowest BCUT2D eigenvalue weighted by atomic mass is 10.0. The van der Waals surface area contributed by atoms with Crippen molar-refractivity contribution in [2.75, 3.05) is 0 Å². The number of hydrogen-bond acceptors (Lipinski definition) is 3. The number of benzene rings is 2. The van der Waals surface area contributed by atoms with Gasteiger partial charge in [0.15, 0.2) is 0 Å². The van der Waals surface area contributed by atoms with Crippen LogP contribution in [0.3, 0.4) is 0 Å². The van der Waals surface area contributed by atoms with E-state index in [1.54, 1.807) is 23.4 Å². The summed E-state index contributed by atoms with van der Waals surface area (Å²) in [7, 11) is 0. The third-order valence-corrected chi connectivity index (χ3v) is 5.43. The summed E-state index contributed by atoms with van der Waals surface area (Å²) in [5.74, 6) is -0.0461. The summed E-state index contributed by atoms with van der Waals surface area (Å²) < 4.78 is 3.72. The summed E-state index contributed by atoms with van der Waals surface area (Å²) in [5.41, 5.74) is 4.29. The number of carbonyl (C=O) groups is 1. The zero-order valence-corrected chi connectivity index (χ0v) is 18.4. The Morgan fingerprint density at radius 2 is 1.84 bits per heavy atom. The molecule has 0 aliphatic heterocycles. The highest BCUT2D eigenvalue weighted by Crippen LogP contribution is 2.25. The van der Waals surface area contributed by atoms with Crippen molar-refractivity contribution in [1.82, 2.24) is 24.6 Å². The topological polar surface area (TPSA) is 64.7 Å². The molecule has 0 fully saturated rings. The van der Waals surface area contributed by atoms with E-state index in [4.69, 9.17) is 11.6 Å². The summed E-state index contributed by atoms with van der Waals surface area (Å²) in [6, 6.07) is 15.4. The van der Waals surface area contributed by atoms with E-state index in [0.717, 1.165) is 22.6 Å². The molecule has 0 aliphatic rings. The number of carbonyl (C=O) groups excluding carboxylic acids is 1. The van der Waals surface area contributed by atoms with Crippen LogP contribution in [-0.2, 0) is 0 Å². The molecule has 1 atom stereocenters. The van der Waals surface area contributed by atoms with Gasteiger partial charge in [0.25, 0.3) is 5.91 Å². The summed E-state index contributed by atoms with van der Waals surface area (Å²) in [6.07, 6.45) is 7.02. The average molecular weight is 434 g/mol. The Bertz CT molecular complexity index is 1180. The van der Waals surface area contributed by atoms with Crippen LogP contribution in [0, 0.1) is 0 Å². The smallest absolute Gasteiger partial charge is 0.255 e. The largest absolute Gasteiger partial charge is 0.345 e. The molecule has 0 radical (unpaired) electrons. The van der Waals surface area contributed by atoms with Gasteiger partial charge in [-0.2, -0.15) is 5.10 Å². The van der Waals surface area contributed by atoms with Crippen LogP contribution in [0.5, 0.6) is 0 Å². The zero-order chi connectivity index (χ0) is 22.0. The molecule has 2 heterocycles. The fraction of sp³-hybridized carbons (Fsp3) is 0.208. The maximum absolute atomic E-state index is 13.1. The standard InChI is InChI=1S/C24H24ClN5O/c1-16(2)23-22(14-27-30(23)21-6-4-5-19(25)13-21)24(31)28-17(3)18-7-9-20(10-8-18)29-12-11-26-15-29/h4-17H,1-3H3,(H,28,31). The monoisotopic (exact) mass is 433 g/mol. The Balaban J connectivity index is 1.55. The Hall–Kier alpha value is -3.38. The molecule has 31 heavy (non-hydrogen) atoms. The van der Waals surface area contributed by atoms with Gasteiger partial charge in [0.05, 0.1) is 35.5 Å². The second-order valence-corrected chi connectivity index (χ2v) is 8.18. The van der Waals surface area contributed by atoms with E-state index in [1.165, 1.54) is 0 Å². The van der Waals surface area contributed by atoms with Crippen molar-refractivity contribution >= 4 is 17.5 Å². The molecule has 0 saturated heterocycles. The van der Waals surface area contributed by atoms with Crippen LogP contribution in [0.2, 0.25) is 5.02 Å². The van der Waals surface area contributed by atoms with Crippen molar-refractivity contribution in [1.29, 1.82) is 0 Å².